The summed E-state index contributed by atoms with van der Waals surface area (Å²) in [6, 6.07) is 0.599. The Hall–Kier alpha value is -2.77. The van der Waals surface area contributed by atoms with Gasteiger partial charge in [0.2, 0.25) is 5.76 Å². The fourth-order valence-corrected chi connectivity index (χ4v) is 2.18. The Labute approximate surface area is 132 Å². The van der Waals surface area contributed by atoms with Crippen LogP contribution in [0.4, 0.5) is 4.79 Å². The van der Waals surface area contributed by atoms with Gasteiger partial charge in [0, 0.05) is 5.56 Å². The average molecular weight is 322 g/mol. The number of aryl methyl sites for hydroxylation is 1. The first-order chi connectivity index (χ1) is 10.9. The number of carbonyl (C=O) groups excluding carboxylic acids is 3. The number of ether oxygens (including phenoxy) is 2. The van der Waals surface area contributed by atoms with Gasteiger partial charge in [0.05, 0.1) is 30.2 Å². The Morgan fingerprint density at radius 2 is 2.04 bits per heavy atom. The maximum absolute atomic E-state index is 12.0. The molecule has 2 N–H and O–H groups in total. The number of urea groups is 1. The topological polar surface area (TPSA) is 107 Å². The molecule has 2 rings (SSSR count). The Morgan fingerprint density at radius 3 is 2.65 bits per heavy atom. The van der Waals surface area contributed by atoms with E-state index in [2.05, 4.69) is 10.6 Å². The van der Waals surface area contributed by atoms with E-state index >= 15 is 0 Å². The third kappa shape index (κ3) is 3.71. The lowest BCUT2D eigenvalue weighted by Crippen LogP contribution is -2.50. The quantitative estimate of drug-likeness (QED) is 0.790. The van der Waals surface area contributed by atoms with E-state index in [1.165, 1.54) is 6.26 Å². The first kappa shape index (κ1) is 16.6. The summed E-state index contributed by atoms with van der Waals surface area (Å²) < 4.78 is 15.1. The van der Waals surface area contributed by atoms with E-state index in [0.717, 1.165) is 0 Å². The van der Waals surface area contributed by atoms with Crippen molar-refractivity contribution < 1.29 is 28.3 Å². The van der Waals surface area contributed by atoms with Crippen LogP contribution < -0.4 is 10.6 Å². The predicted octanol–water partition coefficient (Wildman–Crippen LogP) is 1.26. The molecule has 0 aliphatic carbocycles. The van der Waals surface area contributed by atoms with Crippen molar-refractivity contribution in [1.29, 1.82) is 0 Å². The number of hydrogen-bond donors (Lipinski definition) is 2. The number of rotatable bonds is 5. The molecule has 1 aromatic rings. The van der Waals surface area contributed by atoms with E-state index in [1.807, 2.05) is 0 Å². The zero-order valence-electron chi connectivity index (χ0n) is 13.1. The SMILES string of the molecule is CCOC(=O)C1=C(COC(=O)c2occc2C)NC(=O)NC1C. The van der Waals surface area contributed by atoms with Crippen LogP contribution in [-0.2, 0) is 14.3 Å². The van der Waals surface area contributed by atoms with Gasteiger partial charge < -0.3 is 24.5 Å². The highest BCUT2D eigenvalue weighted by Gasteiger charge is 2.30. The van der Waals surface area contributed by atoms with Crippen molar-refractivity contribution in [2.75, 3.05) is 13.2 Å². The summed E-state index contributed by atoms with van der Waals surface area (Å²) in [5.41, 5.74) is 1.05. The molecule has 0 saturated carbocycles. The first-order valence-corrected chi connectivity index (χ1v) is 7.13. The summed E-state index contributed by atoms with van der Waals surface area (Å²) in [6.07, 6.45) is 1.38. The van der Waals surface area contributed by atoms with Crippen LogP contribution in [0, 0.1) is 6.92 Å². The fraction of sp³-hybridized carbons (Fsp3) is 0.400. The van der Waals surface area contributed by atoms with Crippen molar-refractivity contribution in [3.63, 3.8) is 0 Å². The van der Waals surface area contributed by atoms with E-state index in [-0.39, 0.29) is 30.2 Å². The monoisotopic (exact) mass is 322 g/mol. The van der Waals surface area contributed by atoms with Gasteiger partial charge >= 0.3 is 18.0 Å². The van der Waals surface area contributed by atoms with Gasteiger partial charge in [-0.25, -0.2) is 14.4 Å². The van der Waals surface area contributed by atoms with Gasteiger partial charge in [-0.2, -0.15) is 0 Å². The minimum Gasteiger partial charge on any atom is -0.463 e. The lowest BCUT2D eigenvalue weighted by Gasteiger charge is -2.26. The summed E-state index contributed by atoms with van der Waals surface area (Å²) in [5.74, 6) is -1.17. The van der Waals surface area contributed by atoms with Gasteiger partial charge in [-0.15, -0.1) is 0 Å². The van der Waals surface area contributed by atoms with Gasteiger partial charge in [0.15, 0.2) is 0 Å². The third-order valence-corrected chi connectivity index (χ3v) is 3.26. The normalized spacial score (nSPS) is 17.3. The number of esters is 2. The second kappa shape index (κ2) is 6.99. The minimum absolute atomic E-state index is 0.0802. The second-order valence-electron chi connectivity index (χ2n) is 4.94. The van der Waals surface area contributed by atoms with Crippen LogP contribution >= 0.6 is 0 Å². The van der Waals surface area contributed by atoms with Crippen LogP contribution in [0.25, 0.3) is 0 Å². The molecule has 8 heteroatoms. The average Bonchev–Trinajstić information content (AvgIpc) is 2.90. The molecule has 0 saturated heterocycles. The number of furan rings is 1. The maximum Gasteiger partial charge on any atom is 0.374 e. The van der Waals surface area contributed by atoms with Crippen molar-refractivity contribution in [3.05, 3.63) is 34.9 Å². The molecule has 2 amide bonds. The highest BCUT2D eigenvalue weighted by atomic mass is 16.5. The summed E-state index contributed by atoms with van der Waals surface area (Å²) >= 11 is 0. The molecule has 1 aliphatic rings. The number of hydrogen-bond acceptors (Lipinski definition) is 6. The Kier molecular flexibility index (Phi) is 5.05. The maximum atomic E-state index is 12.0. The van der Waals surface area contributed by atoms with E-state index in [9.17, 15) is 14.4 Å². The lowest BCUT2D eigenvalue weighted by atomic mass is 10.0. The highest BCUT2D eigenvalue weighted by Crippen LogP contribution is 2.16. The molecule has 1 atom stereocenters. The Morgan fingerprint density at radius 1 is 1.30 bits per heavy atom. The second-order valence-corrected chi connectivity index (χ2v) is 4.94. The summed E-state index contributed by atoms with van der Waals surface area (Å²) in [4.78, 5) is 35.5. The first-order valence-electron chi connectivity index (χ1n) is 7.13. The van der Waals surface area contributed by atoms with Gasteiger partial charge in [-0.1, -0.05) is 0 Å². The van der Waals surface area contributed by atoms with E-state index in [1.54, 1.807) is 26.8 Å². The van der Waals surface area contributed by atoms with E-state index in [0.29, 0.717) is 5.56 Å². The summed E-state index contributed by atoms with van der Waals surface area (Å²) in [5, 5.41) is 5.03. The molecule has 1 aromatic heterocycles. The molecule has 124 valence electrons. The molecular formula is C15H18N2O6. The van der Waals surface area contributed by atoms with Crippen molar-refractivity contribution >= 4 is 18.0 Å². The zero-order chi connectivity index (χ0) is 17.0. The minimum atomic E-state index is -0.677. The molecule has 1 unspecified atom stereocenters. The van der Waals surface area contributed by atoms with Crippen LogP contribution in [-0.4, -0.2) is 37.2 Å². The fourth-order valence-electron chi connectivity index (χ4n) is 2.18. The van der Waals surface area contributed by atoms with Gasteiger partial charge in [0.25, 0.3) is 0 Å². The van der Waals surface area contributed by atoms with Crippen molar-refractivity contribution in [3.8, 4) is 0 Å². The lowest BCUT2D eigenvalue weighted by molar-refractivity contribution is -0.139. The highest BCUT2D eigenvalue weighted by molar-refractivity contribution is 5.95. The molecule has 0 fully saturated rings. The predicted molar refractivity (Wildman–Crippen MR) is 78.5 cm³/mol. The van der Waals surface area contributed by atoms with Crippen molar-refractivity contribution in [2.24, 2.45) is 0 Å². The molecule has 0 aromatic carbocycles. The Balaban J connectivity index is 2.17. The van der Waals surface area contributed by atoms with Crippen LogP contribution in [0.3, 0.4) is 0 Å². The molecule has 23 heavy (non-hydrogen) atoms. The van der Waals surface area contributed by atoms with E-state index in [4.69, 9.17) is 13.9 Å². The van der Waals surface area contributed by atoms with Crippen molar-refractivity contribution in [1.82, 2.24) is 10.6 Å². The van der Waals surface area contributed by atoms with Gasteiger partial charge in [-0.05, 0) is 26.8 Å². The number of amides is 2. The van der Waals surface area contributed by atoms with Crippen LogP contribution in [0.5, 0.6) is 0 Å². The zero-order valence-corrected chi connectivity index (χ0v) is 13.1. The van der Waals surface area contributed by atoms with Crippen LogP contribution in [0.2, 0.25) is 0 Å². The molecular weight excluding hydrogens is 304 g/mol. The third-order valence-electron chi connectivity index (χ3n) is 3.26. The molecule has 8 nitrogen and oxygen atoms in total. The molecule has 1 aliphatic heterocycles. The number of nitrogens with one attached hydrogen (secondary N) is 2. The smallest absolute Gasteiger partial charge is 0.374 e. The van der Waals surface area contributed by atoms with Crippen molar-refractivity contribution in [2.45, 2.75) is 26.8 Å². The van der Waals surface area contributed by atoms with Crippen LogP contribution in [0.15, 0.2) is 28.0 Å². The van der Waals surface area contributed by atoms with Gasteiger partial charge in [-0.3, -0.25) is 0 Å². The standard InChI is InChI=1S/C15H18N2O6/c1-4-21-13(18)11-9(3)16-15(20)17-10(11)7-23-14(19)12-8(2)5-6-22-12/h5-6,9H,4,7H2,1-3H3,(H2,16,17,20). The molecule has 2 heterocycles. The van der Waals surface area contributed by atoms with Gasteiger partial charge in [0.1, 0.15) is 6.61 Å². The molecule has 0 radical (unpaired) electrons. The molecule has 0 spiro atoms. The summed E-state index contributed by atoms with van der Waals surface area (Å²) in [6.45, 7) is 4.95. The van der Waals surface area contributed by atoms with Crippen LogP contribution in [0.1, 0.15) is 30.0 Å². The number of carbonyl (C=O) groups is 3. The van der Waals surface area contributed by atoms with E-state index < -0.39 is 24.0 Å². The summed E-state index contributed by atoms with van der Waals surface area (Å²) in [7, 11) is 0. The largest absolute Gasteiger partial charge is 0.463 e. The molecule has 0 bridgehead atoms. The Bertz CT molecular complexity index is 661.